The molecule has 45 heavy (non-hydrogen) atoms. The first-order valence-electron chi connectivity index (χ1n) is 15.9. The van der Waals surface area contributed by atoms with Crippen LogP contribution in [0.15, 0.2) is 41.3 Å². The summed E-state index contributed by atoms with van der Waals surface area (Å²) in [6, 6.07) is 7.45. The third kappa shape index (κ3) is 7.40. The Bertz CT molecular complexity index is 1720. The van der Waals surface area contributed by atoms with Crippen LogP contribution in [0.5, 0.6) is 0 Å². The van der Waals surface area contributed by atoms with Crippen molar-refractivity contribution in [2.75, 3.05) is 6.61 Å². The first kappa shape index (κ1) is 31.3. The van der Waals surface area contributed by atoms with E-state index >= 15 is 0 Å². The molecule has 2 fully saturated rings. The lowest BCUT2D eigenvalue weighted by Gasteiger charge is -2.37. The van der Waals surface area contributed by atoms with Crippen molar-refractivity contribution in [3.05, 3.63) is 58.3 Å². The number of hydrogen-bond acceptors (Lipinski definition) is 6. The topological polar surface area (TPSA) is 142 Å². The van der Waals surface area contributed by atoms with Crippen molar-refractivity contribution < 1.29 is 19.1 Å². The first-order valence-corrected chi connectivity index (χ1v) is 16.7. The molecule has 0 saturated heterocycles. The quantitative estimate of drug-likeness (QED) is 0.119. The molecule has 4 aromatic rings. The van der Waals surface area contributed by atoms with Crippen molar-refractivity contribution in [1.29, 1.82) is 0 Å². The van der Waals surface area contributed by atoms with Gasteiger partial charge in [0.25, 0.3) is 11.8 Å². The summed E-state index contributed by atoms with van der Waals surface area (Å²) < 4.78 is 6.36. The predicted molar refractivity (Wildman–Crippen MR) is 176 cm³/mol. The molecule has 2 aliphatic rings. The molecule has 0 radical (unpaired) electrons. The van der Waals surface area contributed by atoms with E-state index in [0.717, 1.165) is 78.7 Å². The third-order valence-electron chi connectivity index (χ3n) is 9.82. The monoisotopic (exact) mass is 676 g/mol. The van der Waals surface area contributed by atoms with E-state index in [0.29, 0.717) is 28.9 Å². The second-order valence-electron chi connectivity index (χ2n) is 14.0. The van der Waals surface area contributed by atoms with Crippen molar-refractivity contribution in [3.8, 4) is 0 Å². The molecule has 6 rings (SSSR count). The van der Waals surface area contributed by atoms with Crippen LogP contribution in [0.1, 0.15) is 110 Å². The van der Waals surface area contributed by atoms with Crippen molar-refractivity contribution in [2.45, 2.75) is 90.6 Å². The van der Waals surface area contributed by atoms with E-state index in [4.69, 9.17) is 4.74 Å². The number of H-pyrrole nitrogens is 2. The van der Waals surface area contributed by atoms with Crippen LogP contribution in [-0.2, 0) is 4.74 Å². The Morgan fingerprint density at radius 1 is 0.822 bits per heavy atom. The summed E-state index contributed by atoms with van der Waals surface area (Å²) in [7, 11) is 0. The van der Waals surface area contributed by atoms with Gasteiger partial charge in [-0.1, -0.05) is 20.8 Å². The second-order valence-corrected chi connectivity index (χ2v) is 14.8. The summed E-state index contributed by atoms with van der Waals surface area (Å²) in [4.78, 5) is 53.4. The van der Waals surface area contributed by atoms with Gasteiger partial charge in [0, 0.05) is 22.9 Å². The highest BCUT2D eigenvalue weighted by molar-refractivity contribution is 9.10. The SMILES string of the molecule is CC1(C)CCC(NC(=O)c2cc3cc(C(=O)OCCC4(C)CCC(NC(=O)c5cc6cc(Br)ncc6[nH]5)CC4)ncc3[nH]2)CC1. The fourth-order valence-electron chi connectivity index (χ4n) is 6.64. The molecule has 4 heterocycles. The van der Waals surface area contributed by atoms with Crippen molar-refractivity contribution in [3.63, 3.8) is 0 Å². The Hall–Kier alpha value is -3.73. The van der Waals surface area contributed by atoms with Gasteiger partial charge in [-0.05, 0) is 109 Å². The number of nitrogens with zero attached hydrogens (tertiary/aromatic N) is 2. The highest BCUT2D eigenvalue weighted by atomic mass is 79.9. The molecule has 2 aliphatic carbocycles. The minimum absolute atomic E-state index is 0.0228. The summed E-state index contributed by atoms with van der Waals surface area (Å²) in [5.41, 5.74) is 3.10. The summed E-state index contributed by atoms with van der Waals surface area (Å²) in [5, 5.41) is 8.00. The van der Waals surface area contributed by atoms with E-state index in [1.165, 1.54) is 0 Å². The largest absolute Gasteiger partial charge is 0.461 e. The van der Waals surface area contributed by atoms with Crippen LogP contribution in [0, 0.1) is 10.8 Å². The average molecular weight is 678 g/mol. The lowest BCUT2D eigenvalue weighted by atomic mass is 9.72. The molecular formula is C34H41BrN6O4. The van der Waals surface area contributed by atoms with Gasteiger partial charge >= 0.3 is 5.97 Å². The fraction of sp³-hybridized carbons (Fsp3) is 0.500. The first-order chi connectivity index (χ1) is 21.5. The molecule has 11 heteroatoms. The lowest BCUT2D eigenvalue weighted by Crippen LogP contribution is -2.40. The number of carbonyl (C=O) groups excluding carboxylic acids is 3. The van der Waals surface area contributed by atoms with Crippen LogP contribution in [0.4, 0.5) is 0 Å². The maximum atomic E-state index is 12.9. The molecule has 0 atom stereocenters. The highest BCUT2D eigenvalue weighted by Crippen LogP contribution is 2.39. The van der Waals surface area contributed by atoms with Gasteiger partial charge in [-0.2, -0.15) is 0 Å². The Labute approximate surface area is 271 Å². The standard InChI is InChI=1S/C34H41BrN6O4/c1-33(2)8-4-22(5-9-33)38-30(42)24-14-20-16-26(36-18-27(20)40-24)32(44)45-13-12-34(3)10-6-23(7-11-34)39-31(43)25-15-21-17-29(35)37-19-28(21)41-25/h14-19,22-23,40-41H,4-13H2,1-3H3,(H,38,42)(H,39,43). The zero-order chi connectivity index (χ0) is 31.8. The van der Waals surface area contributed by atoms with Gasteiger partial charge in [-0.25, -0.2) is 14.8 Å². The Morgan fingerprint density at radius 3 is 1.96 bits per heavy atom. The molecule has 10 nitrogen and oxygen atoms in total. The molecule has 2 amide bonds. The number of aromatic amines is 2. The van der Waals surface area contributed by atoms with E-state index < -0.39 is 5.97 Å². The van der Waals surface area contributed by atoms with Crippen LogP contribution in [0.25, 0.3) is 21.8 Å². The second kappa shape index (κ2) is 12.6. The summed E-state index contributed by atoms with van der Waals surface area (Å²) >= 11 is 3.37. The van der Waals surface area contributed by atoms with Crippen molar-refractivity contribution >= 4 is 55.5 Å². The molecule has 0 bridgehead atoms. The number of ether oxygens (including phenoxy) is 1. The van der Waals surface area contributed by atoms with Gasteiger partial charge in [-0.3, -0.25) is 9.59 Å². The maximum Gasteiger partial charge on any atom is 0.356 e. The fourth-order valence-corrected chi connectivity index (χ4v) is 6.98. The maximum absolute atomic E-state index is 12.9. The van der Waals surface area contributed by atoms with Crippen LogP contribution >= 0.6 is 15.9 Å². The smallest absolute Gasteiger partial charge is 0.356 e. The van der Waals surface area contributed by atoms with E-state index in [2.05, 4.69) is 67.3 Å². The van der Waals surface area contributed by atoms with E-state index in [1.54, 1.807) is 24.5 Å². The number of hydrogen-bond donors (Lipinski definition) is 4. The minimum Gasteiger partial charge on any atom is -0.461 e. The Kier molecular flexibility index (Phi) is 8.74. The molecule has 4 aromatic heterocycles. The van der Waals surface area contributed by atoms with Gasteiger partial charge in [0.05, 0.1) is 30.0 Å². The number of pyridine rings is 2. The predicted octanol–water partition coefficient (Wildman–Crippen LogP) is 6.83. The molecule has 0 unspecified atom stereocenters. The highest BCUT2D eigenvalue weighted by Gasteiger charge is 2.32. The number of nitrogens with one attached hydrogen (secondary N) is 4. The molecule has 0 spiro atoms. The summed E-state index contributed by atoms with van der Waals surface area (Å²) in [5.74, 6) is -0.719. The molecule has 238 valence electrons. The van der Waals surface area contributed by atoms with Crippen LogP contribution in [0.3, 0.4) is 0 Å². The molecule has 0 aromatic carbocycles. The van der Waals surface area contributed by atoms with Crippen LogP contribution in [-0.4, -0.2) is 56.4 Å². The number of fused-ring (bicyclic) bond motifs is 2. The van der Waals surface area contributed by atoms with Gasteiger partial charge in [0.1, 0.15) is 21.7 Å². The van der Waals surface area contributed by atoms with Crippen LogP contribution < -0.4 is 10.6 Å². The number of carbonyl (C=O) groups is 3. The van der Waals surface area contributed by atoms with Gasteiger partial charge in [0.15, 0.2) is 0 Å². The van der Waals surface area contributed by atoms with Gasteiger partial charge in [0.2, 0.25) is 0 Å². The number of rotatable bonds is 8. The zero-order valence-electron chi connectivity index (χ0n) is 26.1. The summed E-state index contributed by atoms with van der Waals surface area (Å²) in [6.45, 7) is 7.06. The zero-order valence-corrected chi connectivity index (χ0v) is 27.7. The van der Waals surface area contributed by atoms with E-state index in [-0.39, 0.29) is 35.0 Å². The number of aromatic nitrogens is 4. The molecule has 4 N–H and O–H groups in total. The number of amides is 2. The van der Waals surface area contributed by atoms with Gasteiger partial charge in [-0.15, -0.1) is 0 Å². The normalized spacial score (nSPS) is 21.9. The third-order valence-corrected chi connectivity index (χ3v) is 10.3. The van der Waals surface area contributed by atoms with Gasteiger partial charge < -0.3 is 25.3 Å². The average Bonchev–Trinajstić information content (AvgIpc) is 3.63. The summed E-state index contributed by atoms with van der Waals surface area (Å²) in [6.07, 6.45) is 11.8. The number of esters is 1. The molecular weight excluding hydrogens is 636 g/mol. The Morgan fingerprint density at radius 2 is 1.36 bits per heavy atom. The minimum atomic E-state index is -0.473. The Balaban J connectivity index is 0.960. The van der Waals surface area contributed by atoms with Crippen LogP contribution in [0.2, 0.25) is 0 Å². The van der Waals surface area contributed by atoms with Crippen molar-refractivity contribution in [1.82, 2.24) is 30.6 Å². The van der Waals surface area contributed by atoms with E-state index in [9.17, 15) is 14.4 Å². The lowest BCUT2D eigenvalue weighted by molar-refractivity contribution is 0.0404. The van der Waals surface area contributed by atoms with Crippen molar-refractivity contribution in [2.24, 2.45) is 10.8 Å². The van der Waals surface area contributed by atoms with E-state index in [1.807, 2.05) is 12.1 Å². The number of halogens is 1. The molecule has 2 saturated carbocycles. The molecule has 0 aliphatic heterocycles.